The lowest BCUT2D eigenvalue weighted by Gasteiger charge is -2.37. The molecule has 0 bridgehead atoms. The number of rotatable bonds is 9. The van der Waals surface area contributed by atoms with Crippen molar-refractivity contribution in [3.05, 3.63) is 0 Å². The van der Waals surface area contributed by atoms with E-state index in [4.69, 9.17) is 9.47 Å². The highest BCUT2D eigenvalue weighted by atomic mass is 32.2. The van der Waals surface area contributed by atoms with Crippen molar-refractivity contribution in [2.24, 2.45) is 5.41 Å². The van der Waals surface area contributed by atoms with Crippen LogP contribution in [-0.4, -0.2) is 60.2 Å². The Hall–Kier alpha value is -0.210. The molecule has 1 aliphatic heterocycles. The Kier molecular flexibility index (Phi) is 7.39. The minimum Gasteiger partial charge on any atom is -0.384 e. The molecule has 0 aromatic rings. The number of sulfonamides is 1. The molecule has 0 aromatic heterocycles. The van der Waals surface area contributed by atoms with Gasteiger partial charge < -0.3 is 14.8 Å². The van der Waals surface area contributed by atoms with Crippen LogP contribution < -0.4 is 10.0 Å². The predicted molar refractivity (Wildman–Crippen MR) is 79.3 cm³/mol. The summed E-state index contributed by atoms with van der Waals surface area (Å²) in [5.74, 6) is 0.00644. The van der Waals surface area contributed by atoms with E-state index in [9.17, 15) is 8.42 Å². The minimum atomic E-state index is -3.28. The Balaban J connectivity index is 2.45. The fraction of sp³-hybridized carbons (Fsp3) is 1.00. The fourth-order valence-electron chi connectivity index (χ4n) is 2.36. The lowest BCUT2D eigenvalue weighted by molar-refractivity contribution is 0.0575. The summed E-state index contributed by atoms with van der Waals surface area (Å²) in [4.78, 5) is 0. The Labute approximate surface area is 122 Å². The van der Waals surface area contributed by atoms with Crippen LogP contribution in [0.3, 0.4) is 0 Å². The summed E-state index contributed by atoms with van der Waals surface area (Å²) < 4.78 is 37.2. The standard InChI is InChI=1S/C13H28N2O4S/c1-12(2)19-8-9-20(16,17)15-10-13(11-18-3)4-6-14-7-5-13/h12,14-15H,4-11H2,1-3H3. The molecule has 0 aliphatic carbocycles. The van der Waals surface area contributed by atoms with Crippen LogP contribution in [0.2, 0.25) is 0 Å². The van der Waals surface area contributed by atoms with E-state index in [2.05, 4.69) is 10.0 Å². The zero-order valence-corrected chi connectivity index (χ0v) is 13.6. The van der Waals surface area contributed by atoms with Gasteiger partial charge in [-0.05, 0) is 39.8 Å². The second-order valence-corrected chi connectivity index (χ2v) is 7.67. The highest BCUT2D eigenvalue weighted by molar-refractivity contribution is 7.89. The molecule has 20 heavy (non-hydrogen) atoms. The molecule has 1 rings (SSSR count). The molecule has 0 aromatic carbocycles. The first-order chi connectivity index (χ1) is 9.39. The quantitative estimate of drug-likeness (QED) is 0.643. The van der Waals surface area contributed by atoms with Gasteiger partial charge in [0.05, 0.1) is 25.1 Å². The van der Waals surface area contributed by atoms with Crippen molar-refractivity contribution in [3.63, 3.8) is 0 Å². The molecule has 0 saturated carbocycles. The minimum absolute atomic E-state index is 0.00644. The van der Waals surface area contributed by atoms with Crippen molar-refractivity contribution in [2.75, 3.05) is 45.7 Å². The first-order valence-corrected chi connectivity index (χ1v) is 8.83. The van der Waals surface area contributed by atoms with Gasteiger partial charge in [0.2, 0.25) is 10.0 Å². The van der Waals surface area contributed by atoms with Gasteiger partial charge in [-0.25, -0.2) is 13.1 Å². The average molecular weight is 308 g/mol. The number of nitrogens with one attached hydrogen (secondary N) is 2. The topological polar surface area (TPSA) is 76.7 Å². The van der Waals surface area contributed by atoms with Crippen LogP contribution >= 0.6 is 0 Å². The molecule has 1 fully saturated rings. The van der Waals surface area contributed by atoms with Crippen LogP contribution in [0.4, 0.5) is 0 Å². The molecule has 0 radical (unpaired) electrons. The molecular weight excluding hydrogens is 280 g/mol. The Morgan fingerprint density at radius 3 is 2.50 bits per heavy atom. The van der Waals surface area contributed by atoms with Crippen molar-refractivity contribution >= 4 is 10.0 Å². The molecule has 1 aliphatic rings. The van der Waals surface area contributed by atoms with Crippen LogP contribution in [0.25, 0.3) is 0 Å². The van der Waals surface area contributed by atoms with Gasteiger partial charge in [-0.15, -0.1) is 0 Å². The molecule has 2 N–H and O–H groups in total. The third kappa shape index (κ3) is 6.49. The van der Waals surface area contributed by atoms with Gasteiger partial charge in [-0.1, -0.05) is 0 Å². The largest absolute Gasteiger partial charge is 0.384 e. The van der Waals surface area contributed by atoms with Crippen molar-refractivity contribution in [3.8, 4) is 0 Å². The molecule has 7 heteroatoms. The van der Waals surface area contributed by atoms with E-state index < -0.39 is 10.0 Å². The lowest BCUT2D eigenvalue weighted by Crippen LogP contribution is -2.47. The maximum absolute atomic E-state index is 12.0. The highest BCUT2D eigenvalue weighted by Gasteiger charge is 2.33. The molecule has 0 amide bonds. The van der Waals surface area contributed by atoms with Crippen LogP contribution in [0.15, 0.2) is 0 Å². The van der Waals surface area contributed by atoms with Crippen molar-refractivity contribution < 1.29 is 17.9 Å². The molecule has 0 atom stereocenters. The number of hydrogen-bond acceptors (Lipinski definition) is 5. The summed E-state index contributed by atoms with van der Waals surface area (Å²) in [6.07, 6.45) is 1.90. The maximum atomic E-state index is 12.0. The summed E-state index contributed by atoms with van der Waals surface area (Å²) in [5, 5.41) is 3.29. The SMILES string of the molecule is COCC1(CNS(=O)(=O)CCOC(C)C)CCNCC1. The fourth-order valence-corrected chi connectivity index (χ4v) is 3.35. The molecule has 1 heterocycles. The molecule has 120 valence electrons. The number of ether oxygens (including phenoxy) is 2. The zero-order valence-electron chi connectivity index (χ0n) is 12.8. The molecule has 1 saturated heterocycles. The summed E-state index contributed by atoms with van der Waals surface area (Å²) >= 11 is 0. The van der Waals surface area contributed by atoms with E-state index in [0.717, 1.165) is 25.9 Å². The van der Waals surface area contributed by atoms with E-state index in [1.54, 1.807) is 7.11 Å². The number of piperidine rings is 1. The van der Waals surface area contributed by atoms with Crippen molar-refractivity contribution in [2.45, 2.75) is 32.8 Å². The van der Waals surface area contributed by atoms with Gasteiger partial charge in [0.15, 0.2) is 0 Å². The summed E-state index contributed by atoms with van der Waals surface area (Å²) in [7, 11) is -1.62. The molecule has 6 nitrogen and oxygen atoms in total. The maximum Gasteiger partial charge on any atom is 0.213 e. The summed E-state index contributed by atoms with van der Waals surface area (Å²) in [6, 6.07) is 0. The first-order valence-electron chi connectivity index (χ1n) is 7.18. The number of hydrogen-bond donors (Lipinski definition) is 2. The average Bonchev–Trinajstić information content (AvgIpc) is 2.38. The van der Waals surface area contributed by atoms with Crippen LogP contribution in [0.1, 0.15) is 26.7 Å². The Morgan fingerprint density at radius 1 is 1.30 bits per heavy atom. The zero-order chi connectivity index (χ0) is 15.1. The van der Waals surface area contributed by atoms with Gasteiger partial charge in [0, 0.05) is 19.1 Å². The molecule has 0 unspecified atom stereocenters. The third-order valence-corrected chi connectivity index (χ3v) is 4.87. The van der Waals surface area contributed by atoms with Gasteiger partial charge in [-0.3, -0.25) is 0 Å². The van der Waals surface area contributed by atoms with Crippen LogP contribution in [0, 0.1) is 5.41 Å². The second kappa shape index (κ2) is 8.29. The van der Waals surface area contributed by atoms with E-state index in [1.807, 2.05) is 13.8 Å². The van der Waals surface area contributed by atoms with E-state index >= 15 is 0 Å². The Morgan fingerprint density at radius 2 is 1.95 bits per heavy atom. The molecule has 0 spiro atoms. The summed E-state index contributed by atoms with van der Waals surface area (Å²) in [5.41, 5.74) is -0.0913. The van der Waals surface area contributed by atoms with Crippen LogP contribution in [-0.2, 0) is 19.5 Å². The molecular formula is C13H28N2O4S. The first kappa shape index (κ1) is 17.8. The van der Waals surface area contributed by atoms with Crippen LogP contribution in [0.5, 0.6) is 0 Å². The van der Waals surface area contributed by atoms with Crippen molar-refractivity contribution in [1.29, 1.82) is 0 Å². The Bertz CT molecular complexity index is 359. The summed E-state index contributed by atoms with van der Waals surface area (Å²) in [6.45, 7) is 6.84. The van der Waals surface area contributed by atoms with Gasteiger partial charge in [0.25, 0.3) is 0 Å². The number of methoxy groups -OCH3 is 1. The van der Waals surface area contributed by atoms with E-state index in [1.165, 1.54) is 0 Å². The smallest absolute Gasteiger partial charge is 0.213 e. The lowest BCUT2D eigenvalue weighted by atomic mass is 9.80. The van der Waals surface area contributed by atoms with Gasteiger partial charge in [-0.2, -0.15) is 0 Å². The normalized spacial score (nSPS) is 19.4. The third-order valence-electron chi connectivity index (χ3n) is 3.59. The van der Waals surface area contributed by atoms with E-state index in [0.29, 0.717) is 13.2 Å². The van der Waals surface area contributed by atoms with E-state index in [-0.39, 0.29) is 23.9 Å². The van der Waals surface area contributed by atoms with Gasteiger partial charge >= 0.3 is 0 Å². The van der Waals surface area contributed by atoms with Gasteiger partial charge in [0.1, 0.15) is 0 Å². The second-order valence-electron chi connectivity index (χ2n) is 5.74. The highest BCUT2D eigenvalue weighted by Crippen LogP contribution is 2.28. The monoisotopic (exact) mass is 308 g/mol. The van der Waals surface area contributed by atoms with Crippen molar-refractivity contribution in [1.82, 2.24) is 10.0 Å². The predicted octanol–water partition coefficient (Wildman–Crippen LogP) is 0.347.